The van der Waals surface area contributed by atoms with E-state index >= 15 is 0 Å². The first kappa shape index (κ1) is 16.1. The second kappa shape index (κ2) is 7.66. The molecule has 2 rings (SSSR count). The molecule has 0 saturated heterocycles. The molecule has 1 N–H and O–H groups in total. The smallest absolute Gasteiger partial charge is 0.0423 e. The monoisotopic (exact) mass is 347 g/mol. The fourth-order valence-electron chi connectivity index (χ4n) is 2.48. The Bertz CT molecular complexity index is 598. The number of nitrogens with one attached hydrogen (secondary N) is 1. The summed E-state index contributed by atoms with van der Waals surface area (Å²) >= 11 is 3.49. The summed E-state index contributed by atoms with van der Waals surface area (Å²) in [7, 11) is 0. The lowest BCUT2D eigenvalue weighted by molar-refractivity contribution is 0.524. The van der Waals surface area contributed by atoms with E-state index in [-0.39, 0.29) is 6.04 Å². The summed E-state index contributed by atoms with van der Waals surface area (Å²) in [4.78, 5) is 8.85. The lowest BCUT2D eigenvalue weighted by Gasteiger charge is -2.21. The Morgan fingerprint density at radius 3 is 2.71 bits per heavy atom. The Morgan fingerprint density at radius 2 is 2.05 bits per heavy atom. The molecular weight excluding hydrogens is 326 g/mol. The number of hydrogen-bond acceptors (Lipinski definition) is 3. The van der Waals surface area contributed by atoms with Gasteiger partial charge in [-0.05, 0) is 72.4 Å². The maximum atomic E-state index is 4.60. The maximum absolute atomic E-state index is 4.60. The molecule has 0 fully saturated rings. The van der Waals surface area contributed by atoms with Gasteiger partial charge in [-0.25, -0.2) is 0 Å². The van der Waals surface area contributed by atoms with Gasteiger partial charge in [-0.15, -0.1) is 0 Å². The van der Waals surface area contributed by atoms with Gasteiger partial charge in [0.15, 0.2) is 0 Å². The van der Waals surface area contributed by atoms with Crippen LogP contribution in [0.2, 0.25) is 0 Å². The predicted octanol–water partition coefficient (Wildman–Crippen LogP) is 4.14. The molecule has 0 aliphatic rings. The maximum Gasteiger partial charge on any atom is 0.0423 e. The molecule has 1 atom stereocenters. The van der Waals surface area contributed by atoms with Crippen LogP contribution in [0.1, 0.15) is 41.9 Å². The van der Waals surface area contributed by atoms with Crippen molar-refractivity contribution in [3.63, 3.8) is 0 Å². The van der Waals surface area contributed by atoms with E-state index in [9.17, 15) is 0 Å². The van der Waals surface area contributed by atoms with Crippen molar-refractivity contribution in [2.24, 2.45) is 0 Å². The lowest BCUT2D eigenvalue weighted by atomic mass is 9.98. The molecule has 0 spiro atoms. The third kappa shape index (κ3) is 4.61. The van der Waals surface area contributed by atoms with Crippen LogP contribution in [0.25, 0.3) is 0 Å². The molecule has 0 aliphatic heterocycles. The molecular formula is C17H22BrN3. The quantitative estimate of drug-likeness (QED) is 0.853. The number of aromatic nitrogens is 2. The minimum Gasteiger partial charge on any atom is -0.310 e. The fourth-order valence-corrected chi connectivity index (χ4v) is 2.89. The third-order valence-corrected chi connectivity index (χ3v) is 3.92. The average molecular weight is 348 g/mol. The van der Waals surface area contributed by atoms with E-state index in [0.717, 1.165) is 35.2 Å². The van der Waals surface area contributed by atoms with Gasteiger partial charge < -0.3 is 5.32 Å². The van der Waals surface area contributed by atoms with Crippen LogP contribution in [0, 0.1) is 13.8 Å². The number of rotatable bonds is 6. The second-order valence-electron chi connectivity index (χ2n) is 5.35. The first-order chi connectivity index (χ1) is 10.1. The molecule has 2 aromatic heterocycles. The number of pyridine rings is 2. The van der Waals surface area contributed by atoms with Crippen molar-refractivity contribution in [2.45, 2.75) is 39.7 Å². The van der Waals surface area contributed by atoms with Crippen LogP contribution in [0.15, 0.2) is 35.1 Å². The van der Waals surface area contributed by atoms with Gasteiger partial charge in [0.05, 0.1) is 0 Å². The van der Waals surface area contributed by atoms with E-state index in [0.29, 0.717) is 0 Å². The number of hydrogen-bond donors (Lipinski definition) is 1. The van der Waals surface area contributed by atoms with Crippen LogP contribution in [0.3, 0.4) is 0 Å². The molecule has 0 aromatic carbocycles. The molecule has 0 saturated carbocycles. The molecule has 21 heavy (non-hydrogen) atoms. The van der Waals surface area contributed by atoms with Gasteiger partial charge in [0.1, 0.15) is 0 Å². The van der Waals surface area contributed by atoms with Gasteiger partial charge in [0.2, 0.25) is 0 Å². The largest absolute Gasteiger partial charge is 0.310 e. The highest BCUT2D eigenvalue weighted by Crippen LogP contribution is 2.22. The second-order valence-corrected chi connectivity index (χ2v) is 6.27. The van der Waals surface area contributed by atoms with E-state index in [1.807, 2.05) is 19.3 Å². The van der Waals surface area contributed by atoms with E-state index in [1.54, 1.807) is 0 Å². The molecule has 0 amide bonds. The molecule has 2 aromatic rings. The third-order valence-electron chi connectivity index (χ3n) is 3.48. The Kier molecular flexibility index (Phi) is 5.88. The van der Waals surface area contributed by atoms with E-state index in [2.05, 4.69) is 63.3 Å². The Hall–Kier alpha value is -1.26. The Morgan fingerprint density at radius 1 is 1.24 bits per heavy atom. The molecule has 0 radical (unpaired) electrons. The lowest BCUT2D eigenvalue weighted by Crippen LogP contribution is -2.25. The molecule has 4 heteroatoms. The van der Waals surface area contributed by atoms with Gasteiger partial charge in [-0.1, -0.05) is 13.0 Å². The Balaban J connectivity index is 2.25. The number of aryl methyl sites for hydroxylation is 2. The van der Waals surface area contributed by atoms with E-state index in [1.165, 1.54) is 11.1 Å². The summed E-state index contributed by atoms with van der Waals surface area (Å²) in [6.07, 6.45) is 5.78. The zero-order valence-electron chi connectivity index (χ0n) is 12.9. The summed E-state index contributed by atoms with van der Waals surface area (Å²) in [5.74, 6) is 0. The highest BCUT2D eigenvalue weighted by molar-refractivity contribution is 9.10. The molecule has 112 valence electrons. The van der Waals surface area contributed by atoms with Crippen molar-refractivity contribution in [1.82, 2.24) is 15.3 Å². The summed E-state index contributed by atoms with van der Waals surface area (Å²) < 4.78 is 1.02. The van der Waals surface area contributed by atoms with Gasteiger partial charge >= 0.3 is 0 Å². The molecule has 0 bridgehead atoms. The van der Waals surface area contributed by atoms with Crippen LogP contribution in [0.5, 0.6) is 0 Å². The van der Waals surface area contributed by atoms with Crippen molar-refractivity contribution in [3.05, 3.63) is 57.6 Å². The fraction of sp³-hybridized carbons (Fsp3) is 0.412. The molecule has 1 unspecified atom stereocenters. The summed E-state index contributed by atoms with van der Waals surface area (Å²) in [5, 5.41) is 3.63. The van der Waals surface area contributed by atoms with Crippen molar-refractivity contribution in [3.8, 4) is 0 Å². The molecule has 0 aliphatic carbocycles. The average Bonchev–Trinajstić information content (AvgIpc) is 2.44. The van der Waals surface area contributed by atoms with Crippen molar-refractivity contribution < 1.29 is 0 Å². The van der Waals surface area contributed by atoms with Crippen molar-refractivity contribution in [2.75, 3.05) is 6.54 Å². The van der Waals surface area contributed by atoms with Gasteiger partial charge in [0, 0.05) is 34.3 Å². The minimum absolute atomic E-state index is 0.272. The van der Waals surface area contributed by atoms with Gasteiger partial charge in [-0.3, -0.25) is 9.97 Å². The van der Waals surface area contributed by atoms with E-state index < -0.39 is 0 Å². The Labute approximate surface area is 135 Å². The number of halogens is 1. The standard InChI is InChI=1S/C17H22BrN3/c1-4-7-20-17(9-14-8-15(18)11-19-10-14)16-6-5-12(2)21-13(16)3/h5-6,8,10-11,17,20H,4,7,9H2,1-3H3. The summed E-state index contributed by atoms with van der Waals surface area (Å²) in [5.41, 5.74) is 4.66. The van der Waals surface area contributed by atoms with Crippen molar-refractivity contribution in [1.29, 1.82) is 0 Å². The number of nitrogens with zero attached hydrogens (tertiary/aromatic N) is 2. The van der Waals surface area contributed by atoms with Crippen LogP contribution < -0.4 is 5.32 Å². The van der Waals surface area contributed by atoms with Crippen LogP contribution in [-0.2, 0) is 6.42 Å². The summed E-state index contributed by atoms with van der Waals surface area (Å²) in [6.45, 7) is 7.30. The van der Waals surface area contributed by atoms with Crippen LogP contribution >= 0.6 is 15.9 Å². The van der Waals surface area contributed by atoms with Gasteiger partial charge in [0.25, 0.3) is 0 Å². The SMILES string of the molecule is CCCNC(Cc1cncc(Br)c1)c1ccc(C)nc1C. The predicted molar refractivity (Wildman–Crippen MR) is 90.4 cm³/mol. The van der Waals surface area contributed by atoms with Gasteiger partial charge in [-0.2, -0.15) is 0 Å². The normalized spacial score (nSPS) is 12.4. The first-order valence-corrected chi connectivity index (χ1v) is 8.16. The van der Waals surface area contributed by atoms with E-state index in [4.69, 9.17) is 0 Å². The zero-order valence-corrected chi connectivity index (χ0v) is 14.4. The van der Waals surface area contributed by atoms with Crippen LogP contribution in [-0.4, -0.2) is 16.5 Å². The van der Waals surface area contributed by atoms with Crippen LogP contribution in [0.4, 0.5) is 0 Å². The summed E-state index contributed by atoms with van der Waals surface area (Å²) in [6, 6.07) is 6.68. The zero-order chi connectivity index (χ0) is 15.2. The molecule has 2 heterocycles. The highest BCUT2D eigenvalue weighted by atomic mass is 79.9. The topological polar surface area (TPSA) is 37.8 Å². The highest BCUT2D eigenvalue weighted by Gasteiger charge is 2.15. The first-order valence-electron chi connectivity index (χ1n) is 7.37. The minimum atomic E-state index is 0.272. The van der Waals surface area contributed by atoms with Crippen molar-refractivity contribution >= 4 is 15.9 Å². The molecule has 3 nitrogen and oxygen atoms in total.